The molecule has 0 radical (unpaired) electrons. The van der Waals surface area contributed by atoms with Gasteiger partial charge in [-0.3, -0.25) is 9.69 Å². The third-order valence-electron chi connectivity index (χ3n) is 3.70. The smallest absolute Gasteiger partial charge is 0.325 e. The van der Waals surface area contributed by atoms with Gasteiger partial charge in [-0.05, 0) is 24.1 Å². The van der Waals surface area contributed by atoms with Crippen LogP contribution in [0.15, 0.2) is 29.2 Å². The quantitative estimate of drug-likeness (QED) is 0.788. The lowest BCUT2D eigenvalue weighted by atomic mass is 10.1. The second-order valence-electron chi connectivity index (χ2n) is 5.65. The summed E-state index contributed by atoms with van der Waals surface area (Å²) in [5, 5.41) is 2.65. The van der Waals surface area contributed by atoms with Gasteiger partial charge >= 0.3 is 6.03 Å². The van der Waals surface area contributed by atoms with Gasteiger partial charge in [0.2, 0.25) is 10.0 Å². The Morgan fingerprint density at radius 2 is 1.96 bits per heavy atom. The van der Waals surface area contributed by atoms with Crippen LogP contribution in [0.5, 0.6) is 0 Å². The average molecular weight is 339 g/mol. The van der Waals surface area contributed by atoms with Gasteiger partial charge in [0.1, 0.15) is 6.04 Å². The number of hydrogen-bond acceptors (Lipinski definition) is 4. The Balaban J connectivity index is 2.22. The largest absolute Gasteiger partial charge is 0.326 e. The van der Waals surface area contributed by atoms with Crippen molar-refractivity contribution in [2.24, 2.45) is 0 Å². The molecule has 2 rings (SSSR count). The number of nitrogens with one attached hydrogen (secondary N) is 1. The molecule has 0 aliphatic carbocycles. The van der Waals surface area contributed by atoms with E-state index in [0.717, 1.165) is 15.6 Å². The molecule has 1 fully saturated rings. The van der Waals surface area contributed by atoms with E-state index < -0.39 is 22.1 Å². The third kappa shape index (κ3) is 3.53. The maximum atomic E-state index is 12.2. The zero-order valence-electron chi connectivity index (χ0n) is 13.4. The van der Waals surface area contributed by atoms with Crippen molar-refractivity contribution in [3.63, 3.8) is 0 Å². The summed E-state index contributed by atoms with van der Waals surface area (Å²) in [7, 11) is -0.644. The van der Waals surface area contributed by atoms with Crippen LogP contribution >= 0.6 is 0 Å². The monoisotopic (exact) mass is 339 g/mol. The first-order valence-electron chi connectivity index (χ1n) is 7.40. The number of carbonyl (C=O) groups excluding carboxylic acids is 2. The highest BCUT2D eigenvalue weighted by molar-refractivity contribution is 7.89. The number of nitrogens with zero attached hydrogens (tertiary/aromatic N) is 2. The number of amides is 3. The van der Waals surface area contributed by atoms with Gasteiger partial charge in [-0.25, -0.2) is 17.5 Å². The number of benzene rings is 1. The Labute approximate surface area is 136 Å². The fraction of sp³-hybridized carbons (Fsp3) is 0.467. The fourth-order valence-corrected chi connectivity index (χ4v) is 3.38. The van der Waals surface area contributed by atoms with Gasteiger partial charge < -0.3 is 5.32 Å². The van der Waals surface area contributed by atoms with Crippen molar-refractivity contribution in [1.29, 1.82) is 0 Å². The van der Waals surface area contributed by atoms with E-state index >= 15 is 0 Å². The van der Waals surface area contributed by atoms with E-state index in [2.05, 4.69) is 5.32 Å². The minimum atomic E-state index is -3.55. The molecule has 1 N–H and O–H groups in total. The molecule has 0 unspecified atom stereocenters. The van der Waals surface area contributed by atoms with Crippen LogP contribution in [0.3, 0.4) is 0 Å². The zero-order valence-corrected chi connectivity index (χ0v) is 14.3. The summed E-state index contributed by atoms with van der Waals surface area (Å²) in [6, 6.07) is 5.36. The van der Waals surface area contributed by atoms with Gasteiger partial charge in [0, 0.05) is 14.1 Å². The van der Waals surface area contributed by atoms with Gasteiger partial charge in [-0.15, -0.1) is 0 Å². The highest BCUT2D eigenvalue weighted by Crippen LogP contribution is 2.19. The minimum Gasteiger partial charge on any atom is -0.326 e. The van der Waals surface area contributed by atoms with Gasteiger partial charge in [0.05, 0.1) is 11.4 Å². The van der Waals surface area contributed by atoms with Crippen LogP contribution in [-0.2, 0) is 21.4 Å². The van der Waals surface area contributed by atoms with Gasteiger partial charge in [-0.2, -0.15) is 0 Å². The molecule has 1 aliphatic rings. The number of hydrogen-bond donors (Lipinski definition) is 1. The second-order valence-corrected chi connectivity index (χ2v) is 7.80. The van der Waals surface area contributed by atoms with Crippen LogP contribution in [0.4, 0.5) is 4.79 Å². The molecular weight excluding hydrogens is 318 g/mol. The first-order chi connectivity index (χ1) is 10.8. The summed E-state index contributed by atoms with van der Waals surface area (Å²) in [4.78, 5) is 25.4. The van der Waals surface area contributed by atoms with Gasteiger partial charge in [0.15, 0.2) is 0 Å². The predicted molar refractivity (Wildman–Crippen MR) is 85.1 cm³/mol. The maximum absolute atomic E-state index is 12.2. The van der Waals surface area contributed by atoms with E-state index in [1.165, 1.54) is 26.2 Å². The Morgan fingerprint density at radius 3 is 2.57 bits per heavy atom. The maximum Gasteiger partial charge on any atom is 0.325 e. The van der Waals surface area contributed by atoms with Crippen LogP contribution < -0.4 is 5.32 Å². The molecule has 8 heteroatoms. The molecule has 1 saturated heterocycles. The lowest BCUT2D eigenvalue weighted by Gasteiger charge is -2.15. The van der Waals surface area contributed by atoms with Crippen molar-refractivity contribution in [2.75, 3.05) is 14.1 Å². The van der Waals surface area contributed by atoms with Crippen LogP contribution in [-0.4, -0.2) is 49.7 Å². The summed E-state index contributed by atoms with van der Waals surface area (Å²) in [6.45, 7) is 2.00. The summed E-state index contributed by atoms with van der Waals surface area (Å²) in [6.07, 6.45) is 1.39. The van der Waals surface area contributed by atoms with E-state index in [1.54, 1.807) is 12.1 Å². The van der Waals surface area contributed by atoms with E-state index in [4.69, 9.17) is 0 Å². The van der Waals surface area contributed by atoms with E-state index in [9.17, 15) is 18.0 Å². The van der Waals surface area contributed by atoms with Crippen molar-refractivity contribution < 1.29 is 18.0 Å². The Morgan fingerprint density at radius 1 is 1.26 bits per heavy atom. The number of rotatable bonds is 6. The topological polar surface area (TPSA) is 86.8 Å². The SMILES string of the molecule is CCC[C@H]1NC(=O)N(Cc2cccc(S(=O)(=O)N(C)C)c2)C1=O. The van der Waals surface area contributed by atoms with E-state index in [1.807, 2.05) is 6.92 Å². The average Bonchev–Trinajstić information content (AvgIpc) is 2.75. The third-order valence-corrected chi connectivity index (χ3v) is 5.51. The second kappa shape index (κ2) is 6.67. The zero-order chi connectivity index (χ0) is 17.2. The highest BCUT2D eigenvalue weighted by atomic mass is 32.2. The normalized spacial score (nSPS) is 18.6. The Kier molecular flexibility index (Phi) is 5.06. The molecule has 3 amide bonds. The minimum absolute atomic E-state index is 0.0572. The van der Waals surface area contributed by atoms with Crippen molar-refractivity contribution in [3.8, 4) is 0 Å². The number of urea groups is 1. The first kappa shape index (κ1) is 17.4. The number of imide groups is 1. The Bertz CT molecular complexity index is 715. The number of sulfonamides is 1. The summed E-state index contributed by atoms with van der Waals surface area (Å²) < 4.78 is 25.4. The number of carbonyl (C=O) groups is 2. The fourth-order valence-electron chi connectivity index (χ4n) is 2.41. The molecule has 0 saturated carbocycles. The molecule has 126 valence electrons. The Hall–Kier alpha value is -1.93. The molecule has 0 aromatic heterocycles. The molecule has 1 aromatic rings. The van der Waals surface area contributed by atoms with Crippen molar-refractivity contribution in [2.45, 2.75) is 37.2 Å². The molecule has 1 aromatic carbocycles. The molecule has 0 bridgehead atoms. The lowest BCUT2D eigenvalue weighted by Crippen LogP contribution is -2.31. The summed E-state index contributed by atoms with van der Waals surface area (Å²) in [5.74, 6) is -0.266. The molecule has 23 heavy (non-hydrogen) atoms. The van der Waals surface area contributed by atoms with Crippen LogP contribution in [0.2, 0.25) is 0 Å². The van der Waals surface area contributed by atoms with Crippen molar-refractivity contribution in [1.82, 2.24) is 14.5 Å². The van der Waals surface area contributed by atoms with Crippen LogP contribution in [0, 0.1) is 0 Å². The van der Waals surface area contributed by atoms with Crippen LogP contribution in [0.25, 0.3) is 0 Å². The lowest BCUT2D eigenvalue weighted by molar-refractivity contribution is -0.128. The molecule has 1 heterocycles. The summed E-state index contributed by atoms with van der Waals surface area (Å²) >= 11 is 0. The molecule has 0 spiro atoms. The van der Waals surface area contributed by atoms with Gasteiger partial charge in [0.25, 0.3) is 5.91 Å². The molecule has 1 atom stereocenters. The van der Waals surface area contributed by atoms with E-state index in [0.29, 0.717) is 12.0 Å². The van der Waals surface area contributed by atoms with Crippen molar-refractivity contribution >= 4 is 22.0 Å². The van der Waals surface area contributed by atoms with Crippen molar-refractivity contribution in [3.05, 3.63) is 29.8 Å². The molecular formula is C15H21N3O4S. The summed E-state index contributed by atoms with van der Waals surface area (Å²) in [5.41, 5.74) is 0.591. The molecule has 7 nitrogen and oxygen atoms in total. The van der Waals surface area contributed by atoms with E-state index in [-0.39, 0.29) is 17.3 Å². The van der Waals surface area contributed by atoms with Gasteiger partial charge in [-0.1, -0.05) is 25.5 Å². The molecule has 1 aliphatic heterocycles. The highest BCUT2D eigenvalue weighted by Gasteiger charge is 2.37. The first-order valence-corrected chi connectivity index (χ1v) is 8.84. The predicted octanol–water partition coefficient (Wildman–Crippen LogP) is 1.16. The standard InChI is InChI=1S/C15H21N3O4S/c1-4-6-13-14(19)18(15(20)16-13)10-11-7-5-8-12(9-11)23(21,22)17(2)3/h5,7-9,13H,4,6,10H2,1-3H3,(H,16,20)/t13-/m1/s1. The van der Waals surface area contributed by atoms with Crippen LogP contribution in [0.1, 0.15) is 25.3 Å².